The molecule has 6 nitrogen and oxygen atoms in total. The van der Waals surface area contributed by atoms with Crippen molar-refractivity contribution in [2.45, 2.75) is 50.7 Å². The zero-order valence-corrected chi connectivity index (χ0v) is 16.5. The maximum absolute atomic E-state index is 12.7. The Bertz CT molecular complexity index is 667. The van der Waals surface area contributed by atoms with Gasteiger partial charge >= 0.3 is 0 Å². The molecule has 0 aromatic heterocycles. The fourth-order valence-electron chi connectivity index (χ4n) is 4.65. The van der Waals surface area contributed by atoms with Crippen LogP contribution in [0.1, 0.15) is 37.7 Å². The Morgan fingerprint density at radius 3 is 2.50 bits per heavy atom. The molecule has 0 saturated carbocycles. The molecule has 1 aromatic rings. The Hall–Kier alpha value is -1.92. The van der Waals surface area contributed by atoms with Gasteiger partial charge in [0.2, 0.25) is 11.8 Å². The van der Waals surface area contributed by atoms with E-state index in [1.54, 1.807) is 0 Å². The van der Waals surface area contributed by atoms with Crippen molar-refractivity contribution in [3.63, 3.8) is 0 Å². The first-order valence-electron chi connectivity index (χ1n) is 10.6. The maximum Gasteiger partial charge on any atom is 0.225 e. The van der Waals surface area contributed by atoms with Crippen LogP contribution in [0.4, 0.5) is 0 Å². The maximum atomic E-state index is 12.7. The molecule has 1 aromatic carbocycles. The van der Waals surface area contributed by atoms with Crippen molar-refractivity contribution in [1.82, 2.24) is 15.1 Å². The fourth-order valence-corrected chi connectivity index (χ4v) is 4.65. The Morgan fingerprint density at radius 2 is 1.79 bits per heavy atom. The van der Waals surface area contributed by atoms with Crippen LogP contribution in [-0.4, -0.2) is 66.5 Å². The molecule has 28 heavy (non-hydrogen) atoms. The van der Waals surface area contributed by atoms with Gasteiger partial charge in [0, 0.05) is 57.9 Å². The molecule has 1 unspecified atom stereocenters. The predicted molar refractivity (Wildman–Crippen MR) is 107 cm³/mol. The molecule has 0 aliphatic carbocycles. The van der Waals surface area contributed by atoms with Gasteiger partial charge in [0.15, 0.2) is 0 Å². The second kappa shape index (κ2) is 9.05. The van der Waals surface area contributed by atoms with Crippen LogP contribution in [0.25, 0.3) is 0 Å². The van der Waals surface area contributed by atoms with Crippen molar-refractivity contribution < 1.29 is 14.3 Å². The van der Waals surface area contributed by atoms with E-state index in [0.717, 1.165) is 45.3 Å². The second-order valence-electron chi connectivity index (χ2n) is 8.34. The van der Waals surface area contributed by atoms with E-state index < -0.39 is 0 Å². The van der Waals surface area contributed by atoms with Gasteiger partial charge in [-0.2, -0.15) is 0 Å². The van der Waals surface area contributed by atoms with Crippen LogP contribution in [0, 0.1) is 5.92 Å². The molecular weight excluding hydrogens is 354 g/mol. The van der Waals surface area contributed by atoms with Crippen LogP contribution < -0.4 is 5.32 Å². The average molecular weight is 386 g/mol. The van der Waals surface area contributed by atoms with Crippen LogP contribution in [0.3, 0.4) is 0 Å². The highest BCUT2D eigenvalue weighted by Crippen LogP contribution is 2.25. The van der Waals surface area contributed by atoms with Crippen molar-refractivity contribution >= 4 is 11.8 Å². The summed E-state index contributed by atoms with van der Waals surface area (Å²) in [5.41, 5.74) is 1.34. The number of nitrogens with one attached hydrogen (secondary N) is 1. The molecule has 0 spiro atoms. The SMILES string of the molecule is O=C(NC1CCN(Cc2ccccc2)CC1)C1CC(=O)N(C2CCOCC2)C1. The molecule has 0 bridgehead atoms. The molecule has 4 rings (SSSR count). The zero-order valence-electron chi connectivity index (χ0n) is 16.5. The normalized spacial score (nSPS) is 25.2. The van der Waals surface area contributed by atoms with Gasteiger partial charge in [-0.05, 0) is 31.2 Å². The van der Waals surface area contributed by atoms with E-state index in [1.807, 2.05) is 11.0 Å². The predicted octanol–water partition coefficient (Wildman–Crippen LogP) is 1.79. The lowest BCUT2D eigenvalue weighted by Gasteiger charge is -2.33. The van der Waals surface area contributed by atoms with Crippen LogP contribution in [0.15, 0.2) is 30.3 Å². The smallest absolute Gasteiger partial charge is 0.225 e. The highest BCUT2D eigenvalue weighted by atomic mass is 16.5. The van der Waals surface area contributed by atoms with Crippen LogP contribution >= 0.6 is 0 Å². The number of benzene rings is 1. The lowest BCUT2D eigenvalue weighted by atomic mass is 10.0. The van der Waals surface area contributed by atoms with Crippen molar-refractivity contribution in [3.05, 3.63) is 35.9 Å². The first-order chi connectivity index (χ1) is 13.7. The number of hydrogen-bond donors (Lipinski definition) is 1. The molecule has 152 valence electrons. The number of hydrogen-bond acceptors (Lipinski definition) is 4. The quantitative estimate of drug-likeness (QED) is 0.840. The first-order valence-corrected chi connectivity index (χ1v) is 10.6. The van der Waals surface area contributed by atoms with Crippen molar-refractivity contribution in [2.75, 3.05) is 32.8 Å². The van der Waals surface area contributed by atoms with Gasteiger partial charge in [0.05, 0.1) is 5.92 Å². The molecule has 3 saturated heterocycles. The van der Waals surface area contributed by atoms with Crippen LogP contribution in [-0.2, 0) is 20.9 Å². The Morgan fingerprint density at radius 1 is 1.07 bits per heavy atom. The summed E-state index contributed by atoms with van der Waals surface area (Å²) >= 11 is 0. The number of carbonyl (C=O) groups excluding carboxylic acids is 2. The van der Waals surface area contributed by atoms with Crippen LogP contribution in [0.5, 0.6) is 0 Å². The third kappa shape index (κ3) is 4.73. The second-order valence-corrected chi connectivity index (χ2v) is 8.34. The molecule has 3 heterocycles. The molecule has 3 aliphatic heterocycles. The third-order valence-electron chi connectivity index (χ3n) is 6.34. The van der Waals surface area contributed by atoms with Gasteiger partial charge in [0.1, 0.15) is 0 Å². The number of ether oxygens (including phenoxy) is 1. The Labute approximate surface area is 167 Å². The van der Waals surface area contributed by atoms with Gasteiger partial charge in [-0.3, -0.25) is 14.5 Å². The number of nitrogens with zero attached hydrogens (tertiary/aromatic N) is 2. The van der Waals surface area contributed by atoms with Crippen molar-refractivity contribution in [2.24, 2.45) is 5.92 Å². The summed E-state index contributed by atoms with van der Waals surface area (Å²) in [5.74, 6) is -0.00755. The van der Waals surface area contributed by atoms with Gasteiger partial charge in [0.25, 0.3) is 0 Å². The summed E-state index contributed by atoms with van der Waals surface area (Å²) in [4.78, 5) is 29.5. The van der Waals surface area contributed by atoms with Gasteiger partial charge in [-0.15, -0.1) is 0 Å². The van der Waals surface area contributed by atoms with E-state index in [-0.39, 0.29) is 29.8 Å². The number of amides is 2. The number of rotatable bonds is 5. The minimum Gasteiger partial charge on any atom is -0.381 e. The summed E-state index contributed by atoms with van der Waals surface area (Å²) in [6, 6.07) is 11.0. The monoisotopic (exact) mass is 385 g/mol. The Kier molecular flexibility index (Phi) is 6.27. The van der Waals surface area contributed by atoms with Crippen molar-refractivity contribution in [3.8, 4) is 0 Å². The Balaban J connectivity index is 1.22. The van der Waals surface area contributed by atoms with E-state index >= 15 is 0 Å². The molecule has 1 N–H and O–H groups in total. The van der Waals surface area contributed by atoms with E-state index in [2.05, 4.69) is 34.5 Å². The number of carbonyl (C=O) groups is 2. The third-order valence-corrected chi connectivity index (χ3v) is 6.34. The summed E-state index contributed by atoms with van der Waals surface area (Å²) in [6.45, 7) is 4.97. The number of likely N-dealkylation sites (tertiary alicyclic amines) is 2. The van der Waals surface area contributed by atoms with Crippen LogP contribution in [0.2, 0.25) is 0 Å². The van der Waals surface area contributed by atoms with Gasteiger partial charge in [-0.25, -0.2) is 0 Å². The standard InChI is InChI=1S/C22H31N3O3/c26-21-14-18(16-25(21)20-8-12-28-13-9-20)22(27)23-19-6-10-24(11-7-19)15-17-4-2-1-3-5-17/h1-5,18-20H,6-16H2,(H,23,27). The van der Waals surface area contributed by atoms with E-state index in [4.69, 9.17) is 4.74 Å². The molecule has 0 radical (unpaired) electrons. The summed E-state index contributed by atoms with van der Waals surface area (Å²) in [7, 11) is 0. The topological polar surface area (TPSA) is 61.9 Å². The summed E-state index contributed by atoms with van der Waals surface area (Å²) in [5, 5.41) is 3.22. The highest BCUT2D eigenvalue weighted by Gasteiger charge is 2.38. The largest absolute Gasteiger partial charge is 0.381 e. The fraction of sp³-hybridized carbons (Fsp3) is 0.636. The molecule has 3 aliphatic rings. The lowest BCUT2D eigenvalue weighted by Crippen LogP contribution is -2.47. The summed E-state index contributed by atoms with van der Waals surface area (Å²) < 4.78 is 5.39. The van der Waals surface area contributed by atoms with E-state index in [9.17, 15) is 9.59 Å². The van der Waals surface area contributed by atoms with E-state index in [0.29, 0.717) is 26.2 Å². The summed E-state index contributed by atoms with van der Waals surface area (Å²) in [6.07, 6.45) is 4.09. The number of piperidine rings is 1. The molecule has 1 atom stereocenters. The first kappa shape index (κ1) is 19.4. The van der Waals surface area contributed by atoms with E-state index in [1.165, 1.54) is 5.56 Å². The molecule has 3 fully saturated rings. The average Bonchev–Trinajstić information content (AvgIpc) is 3.13. The minimum absolute atomic E-state index is 0.0596. The van der Waals surface area contributed by atoms with Gasteiger partial charge < -0.3 is 15.0 Å². The minimum atomic E-state index is -0.197. The lowest BCUT2D eigenvalue weighted by molar-refractivity contribution is -0.131. The zero-order chi connectivity index (χ0) is 19.3. The van der Waals surface area contributed by atoms with Gasteiger partial charge in [-0.1, -0.05) is 30.3 Å². The highest BCUT2D eigenvalue weighted by molar-refractivity contribution is 5.89. The molecule has 2 amide bonds. The molecule has 6 heteroatoms. The van der Waals surface area contributed by atoms with Crippen molar-refractivity contribution in [1.29, 1.82) is 0 Å². The molecular formula is C22H31N3O3.